The van der Waals surface area contributed by atoms with Gasteiger partial charge in [-0.25, -0.2) is 0 Å². The van der Waals surface area contributed by atoms with E-state index in [-0.39, 0.29) is 0 Å². The largest absolute Gasteiger partial charge is 0.309 e. The van der Waals surface area contributed by atoms with Crippen molar-refractivity contribution >= 4 is 0 Å². The van der Waals surface area contributed by atoms with Crippen molar-refractivity contribution in [3.05, 3.63) is 0 Å². The summed E-state index contributed by atoms with van der Waals surface area (Å²) >= 11 is 0. The Morgan fingerprint density at radius 2 is 1.93 bits per heavy atom. The van der Waals surface area contributed by atoms with Crippen LogP contribution in [0, 0.1) is 5.41 Å². The van der Waals surface area contributed by atoms with Gasteiger partial charge in [0, 0.05) is 24.7 Å². The molecule has 0 aromatic carbocycles. The van der Waals surface area contributed by atoms with Crippen LogP contribution < -0.4 is 5.32 Å². The summed E-state index contributed by atoms with van der Waals surface area (Å²) in [6.45, 7) is 12.0. The third-order valence-electron chi connectivity index (χ3n) is 4.37. The fourth-order valence-electron chi connectivity index (χ4n) is 2.85. The first-order valence-corrected chi connectivity index (χ1v) is 6.48. The number of hydrogen-bond donors (Lipinski definition) is 1. The normalized spacial score (nSPS) is 34.4. The summed E-state index contributed by atoms with van der Waals surface area (Å²) in [5.74, 6) is 0. The second-order valence-corrected chi connectivity index (χ2v) is 6.40. The molecule has 0 aromatic rings. The van der Waals surface area contributed by atoms with Crippen LogP contribution in [-0.4, -0.2) is 36.1 Å². The van der Waals surface area contributed by atoms with Crippen molar-refractivity contribution in [2.75, 3.05) is 13.1 Å². The van der Waals surface area contributed by atoms with Crippen LogP contribution in [-0.2, 0) is 0 Å². The van der Waals surface area contributed by atoms with Crippen molar-refractivity contribution < 1.29 is 0 Å². The molecule has 1 N–H and O–H groups in total. The molecule has 0 aromatic heterocycles. The van der Waals surface area contributed by atoms with E-state index in [0.29, 0.717) is 11.5 Å². The maximum atomic E-state index is 3.85. The predicted molar refractivity (Wildman–Crippen MR) is 65.1 cm³/mol. The monoisotopic (exact) mass is 210 g/mol. The predicted octanol–water partition coefficient (Wildman–Crippen LogP) is 2.25. The molecule has 2 fully saturated rings. The molecule has 2 rings (SSSR count). The van der Waals surface area contributed by atoms with Crippen molar-refractivity contribution in [2.45, 2.75) is 65.1 Å². The van der Waals surface area contributed by atoms with Crippen LogP contribution in [0.15, 0.2) is 0 Å². The lowest BCUT2D eigenvalue weighted by atomic mass is 9.87. The fraction of sp³-hybridized carbons (Fsp3) is 1.00. The van der Waals surface area contributed by atoms with Crippen LogP contribution in [0.1, 0.15) is 47.0 Å². The van der Waals surface area contributed by atoms with Crippen molar-refractivity contribution in [3.8, 4) is 0 Å². The minimum Gasteiger partial charge on any atom is -0.309 e. The Bertz CT molecular complexity index is 219. The Balaban J connectivity index is 1.90. The van der Waals surface area contributed by atoms with Gasteiger partial charge < -0.3 is 5.32 Å². The van der Waals surface area contributed by atoms with E-state index in [0.717, 1.165) is 12.1 Å². The molecule has 0 aliphatic carbocycles. The molecule has 15 heavy (non-hydrogen) atoms. The summed E-state index contributed by atoms with van der Waals surface area (Å²) in [6.07, 6.45) is 4.17. The van der Waals surface area contributed by atoms with E-state index in [9.17, 15) is 0 Å². The molecule has 3 unspecified atom stereocenters. The Morgan fingerprint density at radius 3 is 2.60 bits per heavy atom. The van der Waals surface area contributed by atoms with Crippen LogP contribution >= 0.6 is 0 Å². The molecule has 0 spiro atoms. The minimum absolute atomic E-state index is 0.381. The van der Waals surface area contributed by atoms with Crippen LogP contribution in [0.2, 0.25) is 0 Å². The molecule has 0 saturated carbocycles. The smallest absolute Gasteiger partial charge is 0.0250 e. The molecular weight excluding hydrogens is 184 g/mol. The van der Waals surface area contributed by atoms with Crippen molar-refractivity contribution in [1.29, 1.82) is 0 Å². The van der Waals surface area contributed by atoms with E-state index in [1.165, 1.54) is 32.4 Å². The highest BCUT2D eigenvalue weighted by molar-refractivity contribution is 4.97. The van der Waals surface area contributed by atoms with Gasteiger partial charge in [0.1, 0.15) is 0 Å². The summed E-state index contributed by atoms with van der Waals surface area (Å²) in [6, 6.07) is 2.21. The molecule has 2 aliphatic heterocycles. The first kappa shape index (κ1) is 11.4. The van der Waals surface area contributed by atoms with E-state index in [2.05, 4.69) is 37.9 Å². The zero-order valence-electron chi connectivity index (χ0n) is 10.7. The standard InChI is InChI=1S/C13H26N2/c1-10(13(2,3)4)14-11-7-9-15-8-5-6-12(11)15/h10-12,14H,5-9H2,1-4H3. The summed E-state index contributed by atoms with van der Waals surface area (Å²) < 4.78 is 0. The molecule has 0 amide bonds. The number of rotatable bonds is 2. The fourth-order valence-corrected chi connectivity index (χ4v) is 2.85. The Morgan fingerprint density at radius 1 is 1.20 bits per heavy atom. The second-order valence-electron chi connectivity index (χ2n) is 6.40. The summed E-state index contributed by atoms with van der Waals surface area (Å²) in [5.41, 5.74) is 0.381. The molecule has 3 atom stereocenters. The third-order valence-corrected chi connectivity index (χ3v) is 4.37. The highest BCUT2D eigenvalue weighted by atomic mass is 15.2. The molecule has 2 saturated heterocycles. The molecule has 2 nitrogen and oxygen atoms in total. The van der Waals surface area contributed by atoms with Crippen LogP contribution in [0.4, 0.5) is 0 Å². The first-order valence-electron chi connectivity index (χ1n) is 6.48. The van der Waals surface area contributed by atoms with Crippen LogP contribution in [0.25, 0.3) is 0 Å². The van der Waals surface area contributed by atoms with Gasteiger partial charge >= 0.3 is 0 Å². The van der Waals surface area contributed by atoms with Crippen molar-refractivity contribution in [2.24, 2.45) is 5.41 Å². The zero-order valence-corrected chi connectivity index (χ0v) is 10.7. The zero-order chi connectivity index (χ0) is 11.1. The molecular formula is C13H26N2. The maximum absolute atomic E-state index is 3.85. The van der Waals surface area contributed by atoms with Crippen molar-refractivity contribution in [1.82, 2.24) is 10.2 Å². The molecule has 2 heterocycles. The third kappa shape index (κ3) is 2.36. The average molecular weight is 210 g/mol. The number of fused-ring (bicyclic) bond motifs is 1. The average Bonchev–Trinajstić information content (AvgIpc) is 2.67. The van der Waals surface area contributed by atoms with Gasteiger partial charge in [-0.2, -0.15) is 0 Å². The van der Waals surface area contributed by atoms with E-state index in [4.69, 9.17) is 0 Å². The van der Waals surface area contributed by atoms with E-state index in [1.807, 2.05) is 0 Å². The first-order chi connectivity index (χ1) is 6.98. The highest BCUT2D eigenvalue weighted by Crippen LogP contribution is 2.29. The Hall–Kier alpha value is -0.0800. The lowest BCUT2D eigenvalue weighted by Crippen LogP contribution is -2.48. The topological polar surface area (TPSA) is 15.3 Å². The van der Waals surface area contributed by atoms with E-state index < -0.39 is 0 Å². The van der Waals surface area contributed by atoms with Crippen LogP contribution in [0.3, 0.4) is 0 Å². The van der Waals surface area contributed by atoms with E-state index >= 15 is 0 Å². The molecule has 88 valence electrons. The lowest BCUT2D eigenvalue weighted by Gasteiger charge is -2.33. The van der Waals surface area contributed by atoms with Crippen LogP contribution in [0.5, 0.6) is 0 Å². The van der Waals surface area contributed by atoms with Crippen molar-refractivity contribution in [3.63, 3.8) is 0 Å². The van der Waals surface area contributed by atoms with Gasteiger partial charge in [0.2, 0.25) is 0 Å². The molecule has 2 aliphatic rings. The Kier molecular flexibility index (Phi) is 3.09. The Labute approximate surface area is 94.4 Å². The lowest BCUT2D eigenvalue weighted by molar-refractivity contribution is 0.234. The van der Waals surface area contributed by atoms with Gasteiger partial charge in [0.15, 0.2) is 0 Å². The van der Waals surface area contributed by atoms with Gasteiger partial charge in [-0.05, 0) is 38.1 Å². The van der Waals surface area contributed by atoms with Gasteiger partial charge in [0.05, 0.1) is 0 Å². The molecule has 0 bridgehead atoms. The van der Waals surface area contributed by atoms with Gasteiger partial charge in [-0.3, -0.25) is 4.90 Å². The number of nitrogens with zero attached hydrogens (tertiary/aromatic N) is 1. The quantitative estimate of drug-likeness (QED) is 0.752. The molecule has 2 heteroatoms. The SMILES string of the molecule is CC(NC1CCN2CCCC12)C(C)(C)C. The summed E-state index contributed by atoms with van der Waals surface area (Å²) in [7, 11) is 0. The molecule has 0 radical (unpaired) electrons. The van der Waals surface area contributed by atoms with Gasteiger partial charge in [-0.15, -0.1) is 0 Å². The number of hydrogen-bond acceptors (Lipinski definition) is 2. The minimum atomic E-state index is 0.381. The summed E-state index contributed by atoms with van der Waals surface area (Å²) in [4.78, 5) is 2.67. The second kappa shape index (κ2) is 4.06. The van der Waals surface area contributed by atoms with E-state index in [1.54, 1.807) is 0 Å². The summed E-state index contributed by atoms with van der Waals surface area (Å²) in [5, 5.41) is 3.85. The number of nitrogens with one attached hydrogen (secondary N) is 1. The highest BCUT2D eigenvalue weighted by Gasteiger charge is 2.38. The maximum Gasteiger partial charge on any atom is 0.0250 e. The van der Waals surface area contributed by atoms with Gasteiger partial charge in [0.25, 0.3) is 0 Å². The van der Waals surface area contributed by atoms with Gasteiger partial charge in [-0.1, -0.05) is 20.8 Å².